The van der Waals surface area contributed by atoms with E-state index in [2.05, 4.69) is 5.10 Å². The van der Waals surface area contributed by atoms with Crippen molar-refractivity contribution in [2.75, 3.05) is 13.1 Å². The maximum Gasteiger partial charge on any atom is 0.345 e. The third kappa shape index (κ3) is 3.31. The molecule has 1 saturated heterocycles. The van der Waals surface area contributed by atoms with Crippen LogP contribution in [0.5, 0.6) is 0 Å². The van der Waals surface area contributed by atoms with Gasteiger partial charge < -0.3 is 4.90 Å². The van der Waals surface area contributed by atoms with E-state index < -0.39 is 5.82 Å². The number of carbonyl (C=O) groups is 1. The van der Waals surface area contributed by atoms with Crippen molar-refractivity contribution in [3.63, 3.8) is 0 Å². The number of amides is 1. The number of piperidine rings is 1. The van der Waals surface area contributed by atoms with E-state index in [0.29, 0.717) is 13.1 Å². The Hall–Kier alpha value is -2.44. The average Bonchev–Trinajstić information content (AvgIpc) is 3.30. The fraction of sp³-hybridized carbons (Fsp3) is 0.550. The highest BCUT2D eigenvalue weighted by Gasteiger charge is 2.32. The van der Waals surface area contributed by atoms with Gasteiger partial charge in [-0.2, -0.15) is 5.10 Å². The number of halogens is 1. The summed E-state index contributed by atoms with van der Waals surface area (Å²) in [7, 11) is 1.68. The molecule has 1 aliphatic carbocycles. The molecule has 2 fully saturated rings. The zero-order valence-electron chi connectivity index (χ0n) is 15.6. The molecule has 27 heavy (non-hydrogen) atoms. The number of hydrogen-bond acceptors (Lipinski definition) is 3. The Morgan fingerprint density at radius 1 is 1.15 bits per heavy atom. The van der Waals surface area contributed by atoms with E-state index in [1.54, 1.807) is 24.1 Å². The summed E-state index contributed by atoms with van der Waals surface area (Å²) in [6.07, 6.45) is 5.97. The largest absolute Gasteiger partial charge is 0.345 e. The highest BCUT2D eigenvalue weighted by molar-refractivity contribution is 5.94. The summed E-state index contributed by atoms with van der Waals surface area (Å²) in [5, 5.41) is 4.52. The van der Waals surface area contributed by atoms with Crippen molar-refractivity contribution in [1.82, 2.24) is 19.2 Å². The Morgan fingerprint density at radius 3 is 2.63 bits per heavy atom. The van der Waals surface area contributed by atoms with E-state index in [-0.39, 0.29) is 29.1 Å². The first-order valence-corrected chi connectivity index (χ1v) is 9.75. The molecule has 144 valence electrons. The Labute approximate surface area is 157 Å². The number of rotatable bonds is 3. The summed E-state index contributed by atoms with van der Waals surface area (Å²) in [6.45, 7) is 1.07. The Morgan fingerprint density at radius 2 is 1.89 bits per heavy atom. The van der Waals surface area contributed by atoms with Crippen molar-refractivity contribution in [3.05, 3.63) is 52.0 Å². The maximum atomic E-state index is 14.0. The number of carbonyl (C=O) groups excluding carboxylic acids is 1. The van der Waals surface area contributed by atoms with Crippen LogP contribution in [-0.4, -0.2) is 38.2 Å². The molecule has 1 amide bonds. The van der Waals surface area contributed by atoms with Gasteiger partial charge in [0.1, 0.15) is 11.6 Å². The van der Waals surface area contributed by atoms with E-state index in [9.17, 15) is 14.0 Å². The second kappa shape index (κ2) is 7.29. The molecule has 2 aromatic rings. The number of hydrogen-bond donors (Lipinski definition) is 0. The lowest BCUT2D eigenvalue weighted by Crippen LogP contribution is -2.40. The molecular formula is C20H25FN4O2. The molecule has 1 aromatic heterocycles. The average molecular weight is 372 g/mol. The summed E-state index contributed by atoms with van der Waals surface area (Å²) in [6, 6.07) is 6.30. The zero-order chi connectivity index (χ0) is 19.0. The third-order valence-electron chi connectivity index (χ3n) is 5.85. The minimum Gasteiger partial charge on any atom is -0.338 e. The van der Waals surface area contributed by atoms with Crippen molar-refractivity contribution in [2.24, 2.45) is 7.05 Å². The quantitative estimate of drug-likeness (QED) is 0.832. The highest BCUT2D eigenvalue weighted by Crippen LogP contribution is 2.33. The Bertz CT molecular complexity index is 898. The van der Waals surface area contributed by atoms with Gasteiger partial charge in [-0.05, 0) is 37.8 Å². The molecule has 4 rings (SSSR count). The number of likely N-dealkylation sites (tertiary alicyclic amines) is 1. The first kappa shape index (κ1) is 17.9. The number of nitrogens with zero attached hydrogens (tertiary/aromatic N) is 4. The maximum absolute atomic E-state index is 14.0. The lowest BCUT2D eigenvalue weighted by molar-refractivity contribution is 0.0698. The summed E-state index contributed by atoms with van der Waals surface area (Å²) in [4.78, 5) is 27.1. The van der Waals surface area contributed by atoms with Gasteiger partial charge >= 0.3 is 5.69 Å². The molecule has 0 N–H and O–H groups in total. The van der Waals surface area contributed by atoms with Crippen LogP contribution in [-0.2, 0) is 7.05 Å². The SMILES string of the molecule is Cn1nc(C2CCCN(C(=O)c3ccccc3F)C2)n(C2CCCC2)c1=O. The van der Waals surface area contributed by atoms with Gasteiger partial charge in [-0.25, -0.2) is 13.9 Å². The monoisotopic (exact) mass is 372 g/mol. The van der Waals surface area contributed by atoms with E-state index in [0.717, 1.165) is 44.3 Å². The molecule has 0 bridgehead atoms. The molecule has 6 nitrogen and oxygen atoms in total. The van der Waals surface area contributed by atoms with Crippen molar-refractivity contribution >= 4 is 5.91 Å². The summed E-state index contributed by atoms with van der Waals surface area (Å²) < 4.78 is 17.3. The molecule has 1 aromatic carbocycles. The lowest BCUT2D eigenvalue weighted by atomic mass is 9.96. The van der Waals surface area contributed by atoms with Gasteiger partial charge in [-0.1, -0.05) is 25.0 Å². The van der Waals surface area contributed by atoms with Crippen molar-refractivity contribution in [3.8, 4) is 0 Å². The normalized spacial score (nSPS) is 21.0. The van der Waals surface area contributed by atoms with Crippen LogP contribution in [0.1, 0.15) is 66.7 Å². The van der Waals surface area contributed by atoms with Gasteiger partial charge in [0.2, 0.25) is 0 Å². The minimum absolute atomic E-state index is 0.00368. The summed E-state index contributed by atoms with van der Waals surface area (Å²) >= 11 is 0. The number of benzene rings is 1. The summed E-state index contributed by atoms with van der Waals surface area (Å²) in [5.41, 5.74) is 0.0295. The van der Waals surface area contributed by atoms with Crippen molar-refractivity contribution in [2.45, 2.75) is 50.5 Å². The zero-order valence-corrected chi connectivity index (χ0v) is 15.6. The van der Waals surface area contributed by atoms with E-state index in [4.69, 9.17) is 0 Å². The van der Waals surface area contributed by atoms with Crippen LogP contribution >= 0.6 is 0 Å². The molecule has 0 spiro atoms. The first-order chi connectivity index (χ1) is 13.1. The van der Waals surface area contributed by atoms with Crippen LogP contribution in [0, 0.1) is 5.82 Å². The van der Waals surface area contributed by atoms with Crippen LogP contribution in [0.25, 0.3) is 0 Å². The van der Waals surface area contributed by atoms with Crippen LogP contribution in [0.15, 0.2) is 29.1 Å². The predicted molar refractivity (Wildman–Crippen MR) is 99.3 cm³/mol. The molecule has 1 saturated carbocycles. The lowest BCUT2D eigenvalue weighted by Gasteiger charge is -2.33. The van der Waals surface area contributed by atoms with Gasteiger partial charge in [0.05, 0.1) is 5.56 Å². The number of aryl methyl sites for hydroxylation is 1. The molecule has 7 heteroatoms. The topological polar surface area (TPSA) is 60.1 Å². The minimum atomic E-state index is -0.495. The standard InChI is InChI=1S/C20H25FN4O2/c1-23-20(27)25(15-8-2-3-9-15)18(22-23)14-7-6-12-24(13-14)19(26)16-10-4-5-11-17(16)21/h4-5,10-11,14-15H,2-3,6-9,12-13H2,1H3. The number of aromatic nitrogens is 3. The molecule has 2 aliphatic rings. The van der Waals surface area contributed by atoms with Gasteiger partial charge in [-0.15, -0.1) is 0 Å². The van der Waals surface area contributed by atoms with E-state index in [1.807, 2.05) is 4.57 Å². The smallest absolute Gasteiger partial charge is 0.338 e. The van der Waals surface area contributed by atoms with Gasteiger partial charge in [0.15, 0.2) is 0 Å². The third-order valence-corrected chi connectivity index (χ3v) is 5.85. The first-order valence-electron chi connectivity index (χ1n) is 9.75. The predicted octanol–water partition coefficient (Wildman–Crippen LogP) is 2.86. The van der Waals surface area contributed by atoms with Crippen LogP contribution in [0.4, 0.5) is 4.39 Å². The molecule has 0 radical (unpaired) electrons. The fourth-order valence-electron chi connectivity index (χ4n) is 4.46. The second-order valence-electron chi connectivity index (χ2n) is 7.64. The molecular weight excluding hydrogens is 347 g/mol. The molecule has 1 unspecified atom stereocenters. The molecule has 1 aliphatic heterocycles. The van der Waals surface area contributed by atoms with Crippen LogP contribution in [0.2, 0.25) is 0 Å². The van der Waals surface area contributed by atoms with Crippen LogP contribution in [0.3, 0.4) is 0 Å². The Balaban J connectivity index is 1.61. The fourth-order valence-corrected chi connectivity index (χ4v) is 4.46. The van der Waals surface area contributed by atoms with Crippen molar-refractivity contribution in [1.29, 1.82) is 0 Å². The molecule has 1 atom stereocenters. The Kier molecular flexibility index (Phi) is 4.85. The van der Waals surface area contributed by atoms with Gasteiger partial charge in [0.25, 0.3) is 5.91 Å². The van der Waals surface area contributed by atoms with Gasteiger partial charge in [0, 0.05) is 32.1 Å². The second-order valence-corrected chi connectivity index (χ2v) is 7.64. The van der Waals surface area contributed by atoms with E-state index in [1.165, 1.54) is 16.8 Å². The molecule has 2 heterocycles. The van der Waals surface area contributed by atoms with E-state index >= 15 is 0 Å². The summed E-state index contributed by atoms with van der Waals surface area (Å²) in [5.74, 6) is -0.00164. The van der Waals surface area contributed by atoms with Crippen LogP contribution < -0.4 is 5.69 Å². The highest BCUT2D eigenvalue weighted by atomic mass is 19.1. The van der Waals surface area contributed by atoms with Crippen molar-refractivity contribution < 1.29 is 9.18 Å². The van der Waals surface area contributed by atoms with Gasteiger partial charge in [-0.3, -0.25) is 9.36 Å².